The number of rotatable bonds is 6. The van der Waals surface area contributed by atoms with E-state index in [0.717, 1.165) is 25.8 Å². The van der Waals surface area contributed by atoms with Crippen LogP contribution in [0.5, 0.6) is 11.5 Å². The molecule has 8 nitrogen and oxygen atoms in total. The van der Waals surface area contributed by atoms with Crippen molar-refractivity contribution < 1.29 is 14.3 Å². The SMILES string of the molecule is CCN(Cc1nc2cc(OC)c(OC)cc2c(=O)[nH]1)C(=O)[C@H]1CCCCN1.Cl. The van der Waals surface area contributed by atoms with E-state index in [2.05, 4.69) is 15.3 Å². The first kappa shape index (κ1) is 22.0. The zero-order valence-corrected chi connectivity index (χ0v) is 17.2. The number of piperidine rings is 1. The Bertz CT molecular complexity index is 880. The van der Waals surface area contributed by atoms with Crippen molar-refractivity contribution >= 4 is 29.2 Å². The van der Waals surface area contributed by atoms with Crippen molar-refractivity contribution in [2.24, 2.45) is 0 Å². The Morgan fingerprint density at radius 1 is 1.25 bits per heavy atom. The number of aromatic nitrogens is 2. The van der Waals surface area contributed by atoms with E-state index in [-0.39, 0.29) is 36.5 Å². The van der Waals surface area contributed by atoms with Crippen molar-refractivity contribution in [2.75, 3.05) is 27.3 Å². The minimum atomic E-state index is -0.268. The van der Waals surface area contributed by atoms with E-state index in [1.54, 1.807) is 17.0 Å². The number of H-pyrrole nitrogens is 1. The van der Waals surface area contributed by atoms with Crippen molar-refractivity contribution in [2.45, 2.75) is 38.8 Å². The molecule has 0 bridgehead atoms. The number of amides is 1. The summed E-state index contributed by atoms with van der Waals surface area (Å²) in [5.74, 6) is 1.47. The van der Waals surface area contributed by atoms with Crippen molar-refractivity contribution in [1.82, 2.24) is 20.2 Å². The van der Waals surface area contributed by atoms with Crippen molar-refractivity contribution in [3.05, 3.63) is 28.3 Å². The first-order chi connectivity index (χ1) is 13.1. The number of carbonyl (C=O) groups excluding carboxylic acids is 1. The van der Waals surface area contributed by atoms with Gasteiger partial charge in [0.2, 0.25) is 5.91 Å². The summed E-state index contributed by atoms with van der Waals surface area (Å²) in [6, 6.07) is 3.13. The number of nitrogens with zero attached hydrogens (tertiary/aromatic N) is 2. The van der Waals surface area contributed by atoms with Crippen LogP contribution in [-0.4, -0.2) is 54.1 Å². The number of likely N-dealkylation sites (N-methyl/N-ethyl adjacent to an activating group) is 1. The zero-order chi connectivity index (χ0) is 19.4. The van der Waals surface area contributed by atoms with Crippen molar-refractivity contribution in [3.63, 3.8) is 0 Å². The van der Waals surface area contributed by atoms with E-state index in [1.165, 1.54) is 14.2 Å². The van der Waals surface area contributed by atoms with Gasteiger partial charge >= 0.3 is 0 Å². The summed E-state index contributed by atoms with van der Waals surface area (Å²) in [4.78, 5) is 34.3. The Hall–Kier alpha value is -2.32. The third-order valence-electron chi connectivity index (χ3n) is 4.90. The lowest BCUT2D eigenvalue weighted by atomic mass is 10.0. The third kappa shape index (κ3) is 4.56. The summed E-state index contributed by atoms with van der Waals surface area (Å²) in [7, 11) is 3.05. The average molecular weight is 411 g/mol. The zero-order valence-electron chi connectivity index (χ0n) is 16.4. The lowest BCUT2D eigenvalue weighted by molar-refractivity contribution is -0.134. The lowest BCUT2D eigenvalue weighted by Gasteiger charge is -2.29. The van der Waals surface area contributed by atoms with Gasteiger partial charge in [-0.05, 0) is 32.4 Å². The molecule has 1 saturated heterocycles. The number of hydrogen-bond donors (Lipinski definition) is 2. The number of nitrogens with one attached hydrogen (secondary N) is 2. The van der Waals surface area contributed by atoms with Crippen LogP contribution in [0.15, 0.2) is 16.9 Å². The van der Waals surface area contributed by atoms with Gasteiger partial charge in [0, 0.05) is 12.6 Å². The summed E-state index contributed by atoms with van der Waals surface area (Å²) in [5, 5.41) is 3.69. The number of methoxy groups -OCH3 is 2. The molecular formula is C19H27ClN4O4. The number of carbonyl (C=O) groups is 1. The molecule has 1 aromatic carbocycles. The van der Waals surface area contributed by atoms with Gasteiger partial charge in [-0.3, -0.25) is 9.59 Å². The largest absolute Gasteiger partial charge is 0.493 e. The monoisotopic (exact) mass is 410 g/mol. The Kier molecular flexibility index (Phi) is 7.65. The molecule has 2 N–H and O–H groups in total. The second kappa shape index (κ2) is 9.75. The van der Waals surface area contributed by atoms with E-state index >= 15 is 0 Å². The summed E-state index contributed by atoms with van der Waals surface area (Å²) in [5.41, 5.74) is 0.237. The van der Waals surface area contributed by atoms with Crippen LogP contribution in [0.4, 0.5) is 0 Å². The fourth-order valence-electron chi connectivity index (χ4n) is 3.40. The van der Waals surface area contributed by atoms with Crippen LogP contribution in [0.2, 0.25) is 0 Å². The number of fused-ring (bicyclic) bond motifs is 1. The molecule has 0 saturated carbocycles. The maximum absolute atomic E-state index is 12.8. The van der Waals surface area contributed by atoms with E-state index in [9.17, 15) is 9.59 Å². The fraction of sp³-hybridized carbons (Fsp3) is 0.526. The van der Waals surface area contributed by atoms with Gasteiger partial charge in [-0.2, -0.15) is 0 Å². The smallest absolute Gasteiger partial charge is 0.258 e. The molecule has 1 atom stereocenters. The van der Waals surface area contributed by atoms with Gasteiger partial charge < -0.3 is 24.7 Å². The highest BCUT2D eigenvalue weighted by Crippen LogP contribution is 2.30. The standard InChI is InChI=1S/C19H26N4O4.ClH/c1-4-23(19(25)13-7-5-6-8-20-13)11-17-21-14-10-16(27-3)15(26-2)9-12(14)18(24)22-17;/h9-10,13,20H,4-8,11H2,1-3H3,(H,21,22,24);1H/t13-;/m1./s1. The molecule has 0 spiro atoms. The molecule has 1 fully saturated rings. The second-order valence-corrected chi connectivity index (χ2v) is 6.59. The van der Waals surface area contributed by atoms with Gasteiger partial charge in [0.25, 0.3) is 5.56 Å². The number of hydrogen-bond acceptors (Lipinski definition) is 6. The maximum Gasteiger partial charge on any atom is 0.258 e. The maximum atomic E-state index is 12.8. The molecule has 9 heteroatoms. The van der Waals surface area contributed by atoms with Crippen LogP contribution in [0.3, 0.4) is 0 Å². The molecule has 154 valence electrons. The molecule has 1 aromatic heterocycles. The number of halogens is 1. The Morgan fingerprint density at radius 2 is 1.96 bits per heavy atom. The molecule has 1 aliphatic heterocycles. The van der Waals surface area contributed by atoms with Crippen molar-refractivity contribution in [1.29, 1.82) is 0 Å². The van der Waals surface area contributed by atoms with Crippen LogP contribution in [-0.2, 0) is 11.3 Å². The van der Waals surface area contributed by atoms with Crippen LogP contribution >= 0.6 is 12.4 Å². The molecule has 28 heavy (non-hydrogen) atoms. The summed E-state index contributed by atoms with van der Waals surface area (Å²) in [6.45, 7) is 3.59. The van der Waals surface area contributed by atoms with Gasteiger partial charge in [0.15, 0.2) is 11.5 Å². The minimum absolute atomic E-state index is 0. The van der Waals surface area contributed by atoms with Crippen LogP contribution in [0, 0.1) is 0 Å². The summed E-state index contributed by atoms with van der Waals surface area (Å²) < 4.78 is 10.5. The van der Waals surface area contributed by atoms with Crippen LogP contribution in [0.1, 0.15) is 32.0 Å². The molecular weight excluding hydrogens is 384 g/mol. The topological polar surface area (TPSA) is 96.6 Å². The first-order valence-electron chi connectivity index (χ1n) is 9.24. The van der Waals surface area contributed by atoms with Gasteiger partial charge in [-0.15, -0.1) is 12.4 Å². The Morgan fingerprint density at radius 3 is 2.57 bits per heavy atom. The highest BCUT2D eigenvalue weighted by Gasteiger charge is 2.25. The number of aromatic amines is 1. The molecule has 2 aromatic rings. The summed E-state index contributed by atoms with van der Waals surface area (Å²) in [6.07, 6.45) is 2.99. The fourth-order valence-corrected chi connectivity index (χ4v) is 3.40. The van der Waals surface area contributed by atoms with Gasteiger partial charge in [-0.25, -0.2) is 4.98 Å². The normalized spacial score (nSPS) is 16.3. The van der Waals surface area contributed by atoms with E-state index in [1.807, 2.05) is 6.92 Å². The lowest BCUT2D eigenvalue weighted by Crippen LogP contribution is -2.48. The predicted octanol–water partition coefficient (Wildman–Crippen LogP) is 1.85. The molecule has 0 unspecified atom stereocenters. The number of ether oxygens (including phenoxy) is 2. The second-order valence-electron chi connectivity index (χ2n) is 6.59. The molecule has 0 aliphatic carbocycles. The Balaban J connectivity index is 0.00000280. The molecule has 1 amide bonds. The molecule has 2 heterocycles. The first-order valence-corrected chi connectivity index (χ1v) is 9.24. The quantitative estimate of drug-likeness (QED) is 0.754. The van der Waals surface area contributed by atoms with Crippen molar-refractivity contribution in [3.8, 4) is 11.5 Å². The average Bonchev–Trinajstić information content (AvgIpc) is 2.71. The molecule has 0 radical (unpaired) electrons. The predicted molar refractivity (Wildman–Crippen MR) is 109 cm³/mol. The van der Waals surface area contributed by atoms with Gasteiger partial charge in [-0.1, -0.05) is 6.42 Å². The minimum Gasteiger partial charge on any atom is -0.493 e. The van der Waals surface area contributed by atoms with Crippen LogP contribution in [0.25, 0.3) is 10.9 Å². The van der Waals surface area contributed by atoms with E-state index in [4.69, 9.17) is 9.47 Å². The highest BCUT2D eigenvalue weighted by molar-refractivity contribution is 5.85. The molecule has 1 aliphatic rings. The molecule has 3 rings (SSSR count). The third-order valence-corrected chi connectivity index (χ3v) is 4.90. The summed E-state index contributed by atoms with van der Waals surface area (Å²) >= 11 is 0. The van der Waals surface area contributed by atoms with E-state index in [0.29, 0.717) is 34.8 Å². The van der Waals surface area contributed by atoms with Gasteiger partial charge in [0.1, 0.15) is 5.82 Å². The van der Waals surface area contributed by atoms with Gasteiger partial charge in [0.05, 0.1) is 37.7 Å². The van der Waals surface area contributed by atoms with E-state index < -0.39 is 0 Å². The number of benzene rings is 1. The highest BCUT2D eigenvalue weighted by atomic mass is 35.5. The van der Waals surface area contributed by atoms with Crippen LogP contribution < -0.4 is 20.3 Å². The Labute approximate surface area is 170 Å².